The van der Waals surface area contributed by atoms with Gasteiger partial charge < -0.3 is 10.1 Å². The van der Waals surface area contributed by atoms with Gasteiger partial charge in [0.1, 0.15) is 5.75 Å². The standard InChI is InChI=1S/C13H13NOS/c1-2-4-13-11(3-1)12(5-7-15-13)14-10-6-8-16-9-10/h1-4,6,8-9,12,14H,5,7H2. The number of nitrogens with one attached hydrogen (secondary N) is 1. The normalized spacial score (nSPS) is 18.6. The SMILES string of the molecule is c1ccc2c(c1)OCCC2Nc1ccsc1. The maximum absolute atomic E-state index is 5.64. The van der Waals surface area contributed by atoms with Gasteiger partial charge in [-0.3, -0.25) is 0 Å². The van der Waals surface area contributed by atoms with Crippen LogP contribution in [0.2, 0.25) is 0 Å². The van der Waals surface area contributed by atoms with Gasteiger partial charge >= 0.3 is 0 Å². The molecule has 0 saturated carbocycles. The maximum Gasteiger partial charge on any atom is 0.124 e. The second-order valence-electron chi connectivity index (χ2n) is 3.88. The Bertz CT molecular complexity index is 467. The summed E-state index contributed by atoms with van der Waals surface area (Å²) in [4.78, 5) is 0. The van der Waals surface area contributed by atoms with Crippen LogP contribution in [0.5, 0.6) is 5.75 Å². The Balaban J connectivity index is 1.87. The first kappa shape index (κ1) is 9.73. The summed E-state index contributed by atoms with van der Waals surface area (Å²) >= 11 is 1.72. The molecule has 0 amide bonds. The van der Waals surface area contributed by atoms with Gasteiger partial charge in [-0.25, -0.2) is 0 Å². The Kier molecular flexibility index (Phi) is 2.54. The van der Waals surface area contributed by atoms with Crippen molar-refractivity contribution in [2.45, 2.75) is 12.5 Å². The fraction of sp³-hybridized carbons (Fsp3) is 0.231. The van der Waals surface area contributed by atoms with Gasteiger partial charge in [0.05, 0.1) is 12.6 Å². The van der Waals surface area contributed by atoms with Crippen LogP contribution in [0.3, 0.4) is 0 Å². The van der Waals surface area contributed by atoms with Crippen molar-refractivity contribution in [1.82, 2.24) is 0 Å². The van der Waals surface area contributed by atoms with E-state index in [-0.39, 0.29) is 0 Å². The Morgan fingerprint density at radius 2 is 2.19 bits per heavy atom. The number of hydrogen-bond donors (Lipinski definition) is 1. The predicted octanol–water partition coefficient (Wildman–Crippen LogP) is 3.68. The van der Waals surface area contributed by atoms with Crippen molar-refractivity contribution in [2.24, 2.45) is 0 Å². The Morgan fingerprint density at radius 3 is 3.06 bits per heavy atom. The van der Waals surface area contributed by atoms with Gasteiger partial charge in [0.25, 0.3) is 0 Å². The highest BCUT2D eigenvalue weighted by Gasteiger charge is 2.20. The van der Waals surface area contributed by atoms with E-state index >= 15 is 0 Å². The number of rotatable bonds is 2. The lowest BCUT2D eigenvalue weighted by Crippen LogP contribution is -2.19. The zero-order chi connectivity index (χ0) is 10.8. The summed E-state index contributed by atoms with van der Waals surface area (Å²) in [5.74, 6) is 1.02. The minimum absolute atomic E-state index is 0.375. The van der Waals surface area contributed by atoms with E-state index in [1.807, 2.05) is 12.1 Å². The number of para-hydroxylation sites is 1. The average molecular weight is 231 g/mol. The number of fused-ring (bicyclic) bond motifs is 1. The molecule has 1 aliphatic rings. The second-order valence-corrected chi connectivity index (χ2v) is 4.66. The van der Waals surface area contributed by atoms with E-state index in [1.54, 1.807) is 11.3 Å². The van der Waals surface area contributed by atoms with E-state index in [9.17, 15) is 0 Å². The molecule has 2 heterocycles. The van der Waals surface area contributed by atoms with Crippen LogP contribution in [0.15, 0.2) is 41.1 Å². The molecule has 82 valence electrons. The minimum Gasteiger partial charge on any atom is -0.493 e. The van der Waals surface area contributed by atoms with Gasteiger partial charge in [-0.2, -0.15) is 11.3 Å². The molecule has 0 saturated heterocycles. The summed E-state index contributed by atoms with van der Waals surface area (Å²) in [6.45, 7) is 0.790. The van der Waals surface area contributed by atoms with E-state index < -0.39 is 0 Å². The van der Waals surface area contributed by atoms with E-state index in [4.69, 9.17) is 4.74 Å². The van der Waals surface area contributed by atoms with Crippen molar-refractivity contribution < 1.29 is 4.74 Å². The van der Waals surface area contributed by atoms with Crippen molar-refractivity contribution >= 4 is 17.0 Å². The monoisotopic (exact) mass is 231 g/mol. The number of ether oxygens (including phenoxy) is 1. The third kappa shape index (κ3) is 1.78. The van der Waals surface area contributed by atoms with Crippen molar-refractivity contribution in [2.75, 3.05) is 11.9 Å². The first-order valence-corrected chi connectivity index (χ1v) is 6.38. The van der Waals surface area contributed by atoms with E-state index in [0.717, 1.165) is 18.8 Å². The summed E-state index contributed by atoms with van der Waals surface area (Å²) < 4.78 is 5.64. The van der Waals surface area contributed by atoms with Crippen LogP contribution in [0.25, 0.3) is 0 Å². The third-order valence-corrected chi connectivity index (χ3v) is 3.50. The van der Waals surface area contributed by atoms with Crippen LogP contribution in [-0.2, 0) is 0 Å². The minimum atomic E-state index is 0.375. The molecular formula is C13H13NOS. The third-order valence-electron chi connectivity index (χ3n) is 2.82. The first-order chi connectivity index (χ1) is 7.93. The molecule has 0 bridgehead atoms. The lowest BCUT2D eigenvalue weighted by atomic mass is 10.0. The molecule has 1 aromatic heterocycles. The molecule has 1 atom stereocenters. The Labute approximate surface area is 98.9 Å². The Hall–Kier alpha value is -1.48. The molecule has 1 aromatic carbocycles. The van der Waals surface area contributed by atoms with Crippen molar-refractivity contribution in [3.05, 3.63) is 46.7 Å². The molecule has 1 unspecified atom stereocenters. The molecule has 1 N–H and O–H groups in total. The zero-order valence-corrected chi connectivity index (χ0v) is 9.67. The number of thiophene rings is 1. The maximum atomic E-state index is 5.64. The summed E-state index contributed by atoms with van der Waals surface area (Å²) in [6.07, 6.45) is 1.02. The number of benzene rings is 1. The topological polar surface area (TPSA) is 21.3 Å². The first-order valence-electron chi connectivity index (χ1n) is 5.44. The highest BCUT2D eigenvalue weighted by atomic mass is 32.1. The molecule has 3 rings (SSSR count). The smallest absolute Gasteiger partial charge is 0.124 e. The molecule has 16 heavy (non-hydrogen) atoms. The molecule has 0 fully saturated rings. The zero-order valence-electron chi connectivity index (χ0n) is 8.85. The van der Waals surface area contributed by atoms with Crippen LogP contribution >= 0.6 is 11.3 Å². The lowest BCUT2D eigenvalue weighted by molar-refractivity contribution is 0.274. The largest absolute Gasteiger partial charge is 0.493 e. The van der Waals surface area contributed by atoms with Crippen LogP contribution < -0.4 is 10.1 Å². The predicted molar refractivity (Wildman–Crippen MR) is 67.2 cm³/mol. The number of hydrogen-bond acceptors (Lipinski definition) is 3. The van der Waals surface area contributed by atoms with Crippen molar-refractivity contribution in [1.29, 1.82) is 0 Å². The van der Waals surface area contributed by atoms with Gasteiger partial charge in [-0.15, -0.1) is 0 Å². The van der Waals surface area contributed by atoms with Crippen LogP contribution in [0.4, 0.5) is 5.69 Å². The van der Waals surface area contributed by atoms with E-state index in [1.165, 1.54) is 11.3 Å². The summed E-state index contributed by atoms with van der Waals surface area (Å²) in [6, 6.07) is 10.7. The van der Waals surface area contributed by atoms with Gasteiger partial charge in [0.15, 0.2) is 0 Å². The molecule has 0 aliphatic carbocycles. The van der Waals surface area contributed by atoms with Crippen LogP contribution in [0, 0.1) is 0 Å². The van der Waals surface area contributed by atoms with Crippen molar-refractivity contribution in [3.8, 4) is 5.75 Å². The molecule has 0 spiro atoms. The quantitative estimate of drug-likeness (QED) is 0.851. The lowest BCUT2D eigenvalue weighted by Gasteiger charge is -2.26. The Morgan fingerprint density at radius 1 is 1.25 bits per heavy atom. The second kappa shape index (κ2) is 4.18. The summed E-state index contributed by atoms with van der Waals surface area (Å²) in [5.41, 5.74) is 2.46. The van der Waals surface area contributed by atoms with E-state index in [2.05, 4.69) is 34.3 Å². The average Bonchev–Trinajstić information content (AvgIpc) is 2.82. The van der Waals surface area contributed by atoms with E-state index in [0.29, 0.717) is 6.04 Å². The highest BCUT2D eigenvalue weighted by Crippen LogP contribution is 2.34. The van der Waals surface area contributed by atoms with Crippen molar-refractivity contribution in [3.63, 3.8) is 0 Å². The molecule has 2 nitrogen and oxygen atoms in total. The highest BCUT2D eigenvalue weighted by molar-refractivity contribution is 7.08. The van der Waals surface area contributed by atoms with Gasteiger partial charge in [-0.1, -0.05) is 18.2 Å². The fourth-order valence-electron chi connectivity index (χ4n) is 2.04. The molecule has 3 heteroatoms. The van der Waals surface area contributed by atoms with Gasteiger partial charge in [-0.05, 0) is 17.5 Å². The van der Waals surface area contributed by atoms with Crippen LogP contribution in [0.1, 0.15) is 18.0 Å². The fourth-order valence-corrected chi connectivity index (χ4v) is 2.64. The van der Waals surface area contributed by atoms with Gasteiger partial charge in [0.2, 0.25) is 0 Å². The number of anilines is 1. The molecule has 1 aliphatic heterocycles. The molecule has 0 radical (unpaired) electrons. The van der Waals surface area contributed by atoms with Gasteiger partial charge in [0, 0.05) is 23.1 Å². The van der Waals surface area contributed by atoms with Crippen LogP contribution in [-0.4, -0.2) is 6.61 Å². The molecular weight excluding hydrogens is 218 g/mol. The summed E-state index contributed by atoms with van der Waals surface area (Å²) in [5, 5.41) is 7.78. The molecule has 2 aromatic rings. The summed E-state index contributed by atoms with van der Waals surface area (Å²) in [7, 11) is 0.